The molecule has 1 unspecified atom stereocenters. The summed E-state index contributed by atoms with van der Waals surface area (Å²) >= 11 is 1.54. The van der Waals surface area contributed by atoms with Crippen LogP contribution in [0.1, 0.15) is 26.0 Å². The van der Waals surface area contributed by atoms with Crippen LogP contribution in [0.2, 0.25) is 0 Å². The third-order valence-corrected chi connectivity index (χ3v) is 3.21. The molecule has 0 bridgehead atoms. The third kappa shape index (κ3) is 5.46. The van der Waals surface area contributed by atoms with Gasteiger partial charge in [-0.25, -0.2) is 4.98 Å². The van der Waals surface area contributed by atoms with Crippen LogP contribution in [0.4, 0.5) is 5.13 Å². The van der Waals surface area contributed by atoms with Gasteiger partial charge in [-0.15, -0.1) is 11.3 Å². The Morgan fingerprint density at radius 1 is 1.61 bits per heavy atom. The van der Waals surface area contributed by atoms with Crippen molar-refractivity contribution in [1.82, 2.24) is 4.98 Å². The van der Waals surface area contributed by atoms with Gasteiger partial charge in [0.2, 0.25) is 0 Å². The zero-order valence-electron chi connectivity index (χ0n) is 11.1. The van der Waals surface area contributed by atoms with Crippen molar-refractivity contribution in [3.63, 3.8) is 0 Å². The Bertz CT molecular complexity index is 368. The lowest BCUT2D eigenvalue weighted by atomic mass is 10.2. The fourth-order valence-corrected chi connectivity index (χ4v) is 2.16. The monoisotopic (exact) mass is 272 g/mol. The highest BCUT2D eigenvalue weighted by atomic mass is 32.1. The second-order valence-corrected chi connectivity index (χ2v) is 4.73. The van der Waals surface area contributed by atoms with Crippen LogP contribution >= 0.6 is 11.3 Å². The van der Waals surface area contributed by atoms with Crippen LogP contribution in [0.15, 0.2) is 5.38 Å². The summed E-state index contributed by atoms with van der Waals surface area (Å²) in [6.45, 7) is 5.44. The van der Waals surface area contributed by atoms with Crippen molar-refractivity contribution in [1.29, 1.82) is 0 Å². The molecule has 18 heavy (non-hydrogen) atoms. The van der Waals surface area contributed by atoms with E-state index in [0.29, 0.717) is 19.4 Å². The lowest BCUT2D eigenvalue weighted by molar-refractivity contribution is -0.140. The molecule has 0 aromatic carbocycles. The standard InChI is InChI=1S/C12H20N2O3S/c1-4-17-9(2)7-13-12-14-10(8-18-12)5-6-11(15)16-3/h8-9H,4-7H2,1-3H3,(H,13,14). The van der Waals surface area contributed by atoms with Gasteiger partial charge in [0.15, 0.2) is 5.13 Å². The molecule has 1 N–H and O–H groups in total. The molecule has 1 aromatic rings. The highest BCUT2D eigenvalue weighted by Gasteiger charge is 2.07. The molecule has 0 fully saturated rings. The van der Waals surface area contributed by atoms with Crippen molar-refractivity contribution < 1.29 is 14.3 Å². The first kappa shape index (κ1) is 14.9. The van der Waals surface area contributed by atoms with Gasteiger partial charge in [-0.3, -0.25) is 4.79 Å². The predicted molar refractivity (Wildman–Crippen MR) is 72.0 cm³/mol. The number of aromatic nitrogens is 1. The Morgan fingerprint density at radius 2 is 2.39 bits per heavy atom. The molecule has 0 aliphatic rings. The van der Waals surface area contributed by atoms with E-state index in [1.807, 2.05) is 19.2 Å². The average Bonchev–Trinajstić information content (AvgIpc) is 2.82. The molecule has 1 atom stereocenters. The van der Waals surface area contributed by atoms with Gasteiger partial charge >= 0.3 is 5.97 Å². The summed E-state index contributed by atoms with van der Waals surface area (Å²) < 4.78 is 10.0. The van der Waals surface area contributed by atoms with Crippen LogP contribution in [0, 0.1) is 0 Å². The molecule has 1 heterocycles. The highest BCUT2D eigenvalue weighted by Crippen LogP contribution is 2.16. The van der Waals surface area contributed by atoms with E-state index < -0.39 is 0 Å². The number of rotatable bonds is 8. The number of thiazole rings is 1. The van der Waals surface area contributed by atoms with E-state index in [1.165, 1.54) is 18.4 Å². The predicted octanol–water partition coefficient (Wildman–Crippen LogP) is 2.09. The normalized spacial score (nSPS) is 12.2. The first-order valence-corrected chi connectivity index (χ1v) is 6.90. The van der Waals surface area contributed by atoms with Crippen molar-refractivity contribution in [2.24, 2.45) is 0 Å². The van der Waals surface area contributed by atoms with Gasteiger partial charge < -0.3 is 14.8 Å². The minimum Gasteiger partial charge on any atom is -0.469 e. The maximum absolute atomic E-state index is 11.0. The van der Waals surface area contributed by atoms with Crippen molar-refractivity contribution in [3.8, 4) is 0 Å². The number of nitrogens with one attached hydrogen (secondary N) is 1. The molecule has 0 aliphatic carbocycles. The molecule has 6 heteroatoms. The van der Waals surface area contributed by atoms with E-state index in [9.17, 15) is 4.79 Å². The number of hydrogen-bond donors (Lipinski definition) is 1. The van der Waals surface area contributed by atoms with E-state index in [-0.39, 0.29) is 12.1 Å². The SMILES string of the molecule is CCOC(C)CNc1nc(CCC(=O)OC)cs1. The molecule has 1 aromatic heterocycles. The van der Waals surface area contributed by atoms with Gasteiger partial charge in [-0.1, -0.05) is 0 Å². The average molecular weight is 272 g/mol. The molecule has 0 aliphatic heterocycles. The lowest BCUT2D eigenvalue weighted by Crippen LogP contribution is -2.19. The van der Waals surface area contributed by atoms with Gasteiger partial charge in [0, 0.05) is 25.0 Å². The molecule has 0 saturated carbocycles. The maximum atomic E-state index is 11.0. The largest absolute Gasteiger partial charge is 0.469 e. The molecule has 1 rings (SSSR count). The van der Waals surface area contributed by atoms with Crippen LogP contribution in [-0.2, 0) is 20.7 Å². The summed E-state index contributed by atoms with van der Waals surface area (Å²) in [4.78, 5) is 15.4. The number of aryl methyl sites for hydroxylation is 1. The Balaban J connectivity index is 2.32. The Hall–Kier alpha value is -1.14. The van der Waals surface area contributed by atoms with Gasteiger partial charge in [0.1, 0.15) is 0 Å². The first-order chi connectivity index (χ1) is 8.65. The fraction of sp³-hybridized carbons (Fsp3) is 0.667. The van der Waals surface area contributed by atoms with Crippen LogP contribution in [0.25, 0.3) is 0 Å². The van der Waals surface area contributed by atoms with E-state index in [0.717, 1.165) is 17.4 Å². The Morgan fingerprint density at radius 3 is 3.06 bits per heavy atom. The van der Waals surface area contributed by atoms with Gasteiger partial charge in [-0.2, -0.15) is 0 Å². The Kier molecular flexibility index (Phi) is 6.67. The molecule has 0 spiro atoms. The molecular weight excluding hydrogens is 252 g/mol. The van der Waals surface area contributed by atoms with Crippen LogP contribution in [-0.4, -0.2) is 37.3 Å². The fourth-order valence-electron chi connectivity index (χ4n) is 1.41. The van der Waals surface area contributed by atoms with E-state index >= 15 is 0 Å². The minimum atomic E-state index is -0.206. The molecule has 0 saturated heterocycles. The maximum Gasteiger partial charge on any atom is 0.305 e. The number of ether oxygens (including phenoxy) is 2. The molecule has 0 radical (unpaired) electrons. The number of methoxy groups -OCH3 is 1. The summed E-state index contributed by atoms with van der Waals surface area (Å²) in [7, 11) is 1.39. The number of carbonyl (C=O) groups is 1. The van der Waals surface area contributed by atoms with Gasteiger partial charge in [-0.05, 0) is 13.8 Å². The van der Waals surface area contributed by atoms with Crippen molar-refractivity contribution in [2.45, 2.75) is 32.8 Å². The van der Waals surface area contributed by atoms with Crippen molar-refractivity contribution in [2.75, 3.05) is 25.6 Å². The summed E-state index contributed by atoms with van der Waals surface area (Å²) in [5, 5.41) is 6.03. The number of esters is 1. The van der Waals surface area contributed by atoms with E-state index in [1.54, 1.807) is 0 Å². The van der Waals surface area contributed by atoms with Crippen LogP contribution < -0.4 is 5.32 Å². The number of nitrogens with zero attached hydrogens (tertiary/aromatic N) is 1. The van der Waals surface area contributed by atoms with Gasteiger partial charge in [0.05, 0.1) is 25.3 Å². The first-order valence-electron chi connectivity index (χ1n) is 6.02. The third-order valence-electron chi connectivity index (χ3n) is 2.36. The Labute approximate surface area is 112 Å². The molecule has 5 nitrogen and oxygen atoms in total. The van der Waals surface area contributed by atoms with Crippen molar-refractivity contribution in [3.05, 3.63) is 11.1 Å². The summed E-state index contributed by atoms with van der Waals surface area (Å²) in [6.07, 6.45) is 1.15. The number of anilines is 1. The molecule has 102 valence electrons. The minimum absolute atomic E-state index is 0.164. The zero-order valence-corrected chi connectivity index (χ0v) is 11.9. The smallest absolute Gasteiger partial charge is 0.305 e. The quantitative estimate of drug-likeness (QED) is 0.734. The van der Waals surface area contributed by atoms with Crippen LogP contribution in [0.3, 0.4) is 0 Å². The zero-order chi connectivity index (χ0) is 13.4. The second-order valence-electron chi connectivity index (χ2n) is 3.87. The summed E-state index contributed by atoms with van der Waals surface area (Å²) in [5.74, 6) is -0.206. The number of carbonyl (C=O) groups excluding carboxylic acids is 1. The lowest BCUT2D eigenvalue weighted by Gasteiger charge is -2.11. The van der Waals surface area contributed by atoms with E-state index in [4.69, 9.17) is 4.74 Å². The van der Waals surface area contributed by atoms with Crippen LogP contribution in [0.5, 0.6) is 0 Å². The highest BCUT2D eigenvalue weighted by molar-refractivity contribution is 7.13. The molecule has 0 amide bonds. The van der Waals surface area contributed by atoms with Crippen molar-refractivity contribution >= 4 is 22.4 Å². The number of hydrogen-bond acceptors (Lipinski definition) is 6. The van der Waals surface area contributed by atoms with E-state index in [2.05, 4.69) is 15.0 Å². The van der Waals surface area contributed by atoms with Gasteiger partial charge in [0.25, 0.3) is 0 Å². The molecular formula is C12H20N2O3S. The summed E-state index contributed by atoms with van der Waals surface area (Å²) in [5.41, 5.74) is 0.914. The second kappa shape index (κ2) is 8.05. The summed E-state index contributed by atoms with van der Waals surface area (Å²) in [6, 6.07) is 0. The topological polar surface area (TPSA) is 60.5 Å².